The zero-order valence-electron chi connectivity index (χ0n) is 17.1. The Morgan fingerprint density at radius 1 is 0.800 bits per heavy atom. The average Bonchev–Trinajstić information content (AvgIpc) is 2.81. The Hall–Kier alpha value is -2.90. The van der Waals surface area contributed by atoms with Crippen molar-refractivity contribution in [3.8, 4) is 0 Å². The van der Waals surface area contributed by atoms with Gasteiger partial charge in [0.1, 0.15) is 0 Å². The Bertz CT molecular complexity index is 843. The van der Waals surface area contributed by atoms with Crippen LogP contribution in [0.4, 0.5) is 10.5 Å². The van der Waals surface area contributed by atoms with Crippen molar-refractivity contribution < 1.29 is 14.3 Å². The lowest BCUT2D eigenvalue weighted by atomic mass is 10.1. The summed E-state index contributed by atoms with van der Waals surface area (Å²) in [5.41, 5.74) is 2.60. The summed E-state index contributed by atoms with van der Waals surface area (Å²) in [6.07, 6.45) is 0. The number of piperazine rings is 1. The Morgan fingerprint density at radius 2 is 1.43 bits per heavy atom. The van der Waals surface area contributed by atoms with Crippen LogP contribution in [0.15, 0.2) is 54.6 Å². The Balaban J connectivity index is 1.25. The van der Waals surface area contributed by atoms with Crippen LogP contribution in [0.5, 0.6) is 0 Å². The molecule has 0 aliphatic carbocycles. The van der Waals surface area contributed by atoms with Gasteiger partial charge in [-0.2, -0.15) is 0 Å². The van der Waals surface area contributed by atoms with Crippen LogP contribution in [0.3, 0.4) is 0 Å². The molecule has 2 aliphatic rings. The van der Waals surface area contributed by atoms with Crippen molar-refractivity contribution in [1.29, 1.82) is 0 Å². The lowest BCUT2D eigenvalue weighted by molar-refractivity contribution is 0.0373. The van der Waals surface area contributed by atoms with E-state index in [4.69, 9.17) is 4.74 Å². The highest BCUT2D eigenvalue weighted by atomic mass is 16.5. The first kappa shape index (κ1) is 20.4. The van der Waals surface area contributed by atoms with Gasteiger partial charge < -0.3 is 19.9 Å². The summed E-state index contributed by atoms with van der Waals surface area (Å²) in [7, 11) is 0. The van der Waals surface area contributed by atoms with E-state index in [-0.39, 0.29) is 11.9 Å². The molecule has 4 rings (SSSR count). The van der Waals surface area contributed by atoms with Crippen LogP contribution in [0.25, 0.3) is 0 Å². The third-order valence-corrected chi connectivity index (χ3v) is 5.58. The second kappa shape index (κ2) is 9.73. The van der Waals surface area contributed by atoms with E-state index in [2.05, 4.69) is 10.2 Å². The SMILES string of the molecule is O=C(Nc1ccccc1)c1ccc(CN2CCN(C(=O)N3CCOCC3)CC2)cc1. The molecule has 0 spiro atoms. The maximum atomic E-state index is 12.6. The van der Waals surface area contributed by atoms with Gasteiger partial charge in [-0.05, 0) is 29.8 Å². The molecule has 1 N–H and O–H groups in total. The lowest BCUT2D eigenvalue weighted by Crippen LogP contribution is -2.54. The summed E-state index contributed by atoms with van der Waals surface area (Å²) < 4.78 is 5.33. The Labute approximate surface area is 177 Å². The number of anilines is 1. The van der Waals surface area contributed by atoms with Gasteiger partial charge in [0.15, 0.2) is 0 Å². The molecule has 7 nitrogen and oxygen atoms in total. The van der Waals surface area contributed by atoms with E-state index in [0.717, 1.165) is 38.4 Å². The van der Waals surface area contributed by atoms with Crippen LogP contribution in [-0.2, 0) is 11.3 Å². The van der Waals surface area contributed by atoms with E-state index >= 15 is 0 Å². The molecule has 7 heteroatoms. The molecular weight excluding hydrogens is 380 g/mol. The number of nitrogens with one attached hydrogen (secondary N) is 1. The number of benzene rings is 2. The number of morpholine rings is 1. The molecule has 0 atom stereocenters. The summed E-state index contributed by atoms with van der Waals surface area (Å²) in [5.74, 6) is -0.108. The monoisotopic (exact) mass is 408 g/mol. The molecular formula is C23H28N4O3. The van der Waals surface area contributed by atoms with Gasteiger partial charge in [-0.15, -0.1) is 0 Å². The average molecular weight is 409 g/mol. The standard InChI is InChI=1S/C23H28N4O3/c28-22(24-21-4-2-1-3-5-21)20-8-6-19(7-9-20)18-25-10-12-26(13-11-25)23(29)27-14-16-30-17-15-27/h1-9H,10-18H2,(H,24,28). The summed E-state index contributed by atoms with van der Waals surface area (Å²) in [6.45, 7) is 6.64. The number of urea groups is 1. The van der Waals surface area contributed by atoms with Gasteiger partial charge in [0, 0.05) is 57.1 Å². The smallest absolute Gasteiger partial charge is 0.320 e. The molecule has 0 saturated carbocycles. The summed E-state index contributed by atoms with van der Waals surface area (Å²) in [5, 5.41) is 2.90. The number of hydrogen-bond donors (Lipinski definition) is 1. The molecule has 2 heterocycles. The van der Waals surface area contributed by atoms with Crippen LogP contribution in [0.1, 0.15) is 15.9 Å². The first-order valence-corrected chi connectivity index (χ1v) is 10.5. The second-order valence-corrected chi connectivity index (χ2v) is 7.66. The summed E-state index contributed by atoms with van der Waals surface area (Å²) >= 11 is 0. The van der Waals surface area contributed by atoms with Crippen molar-refractivity contribution in [3.05, 3.63) is 65.7 Å². The third kappa shape index (κ3) is 5.17. The van der Waals surface area contributed by atoms with Crippen LogP contribution in [0, 0.1) is 0 Å². The van der Waals surface area contributed by atoms with Gasteiger partial charge in [0.25, 0.3) is 5.91 Å². The van der Waals surface area contributed by atoms with Crippen molar-refractivity contribution in [2.24, 2.45) is 0 Å². The Morgan fingerprint density at radius 3 is 2.10 bits per heavy atom. The molecule has 2 fully saturated rings. The maximum Gasteiger partial charge on any atom is 0.320 e. The zero-order valence-corrected chi connectivity index (χ0v) is 17.1. The number of rotatable bonds is 4. The maximum absolute atomic E-state index is 12.6. The number of amides is 3. The largest absolute Gasteiger partial charge is 0.378 e. The Kier molecular flexibility index (Phi) is 6.61. The number of ether oxygens (including phenoxy) is 1. The molecule has 2 aromatic carbocycles. The molecule has 0 radical (unpaired) electrons. The molecule has 0 aromatic heterocycles. The van der Waals surface area contributed by atoms with Gasteiger partial charge in [-0.1, -0.05) is 30.3 Å². The number of nitrogens with zero attached hydrogens (tertiary/aromatic N) is 3. The highest BCUT2D eigenvalue weighted by Crippen LogP contribution is 2.14. The lowest BCUT2D eigenvalue weighted by Gasteiger charge is -2.38. The van der Waals surface area contributed by atoms with Crippen molar-refractivity contribution >= 4 is 17.6 Å². The van der Waals surface area contributed by atoms with Gasteiger partial charge in [-0.3, -0.25) is 9.69 Å². The molecule has 3 amide bonds. The quantitative estimate of drug-likeness (QED) is 0.844. The van der Waals surface area contributed by atoms with E-state index in [0.29, 0.717) is 31.9 Å². The summed E-state index contributed by atoms with van der Waals surface area (Å²) in [4.78, 5) is 31.1. The van der Waals surface area contributed by atoms with Gasteiger partial charge in [0.05, 0.1) is 13.2 Å². The van der Waals surface area contributed by atoms with Crippen molar-refractivity contribution in [2.75, 3.05) is 57.8 Å². The molecule has 2 aromatic rings. The highest BCUT2D eigenvalue weighted by molar-refractivity contribution is 6.04. The van der Waals surface area contributed by atoms with Gasteiger partial charge >= 0.3 is 6.03 Å². The molecule has 2 saturated heterocycles. The fourth-order valence-corrected chi connectivity index (χ4v) is 3.80. The minimum absolute atomic E-state index is 0.108. The molecule has 30 heavy (non-hydrogen) atoms. The van der Waals surface area contributed by atoms with Gasteiger partial charge in [0.2, 0.25) is 0 Å². The molecule has 0 unspecified atom stereocenters. The second-order valence-electron chi connectivity index (χ2n) is 7.66. The number of hydrogen-bond acceptors (Lipinski definition) is 4. The predicted molar refractivity (Wildman–Crippen MR) is 115 cm³/mol. The molecule has 2 aliphatic heterocycles. The zero-order chi connectivity index (χ0) is 20.8. The first-order valence-electron chi connectivity index (χ1n) is 10.5. The topological polar surface area (TPSA) is 65.1 Å². The van der Waals surface area contributed by atoms with Crippen LogP contribution in [-0.4, -0.2) is 79.1 Å². The van der Waals surface area contributed by atoms with Crippen molar-refractivity contribution in [3.63, 3.8) is 0 Å². The van der Waals surface area contributed by atoms with Crippen LogP contribution < -0.4 is 5.32 Å². The molecule has 0 bridgehead atoms. The van der Waals surface area contributed by atoms with Crippen LogP contribution in [0.2, 0.25) is 0 Å². The first-order chi connectivity index (χ1) is 14.7. The van der Waals surface area contributed by atoms with Crippen molar-refractivity contribution in [2.45, 2.75) is 6.54 Å². The predicted octanol–water partition coefficient (Wildman–Crippen LogP) is 2.51. The van der Waals surface area contributed by atoms with Crippen LogP contribution >= 0.6 is 0 Å². The number of para-hydroxylation sites is 1. The normalized spacial score (nSPS) is 17.6. The van der Waals surface area contributed by atoms with E-state index in [1.54, 1.807) is 0 Å². The molecule has 158 valence electrons. The van der Waals surface area contributed by atoms with E-state index in [1.165, 1.54) is 5.56 Å². The number of carbonyl (C=O) groups excluding carboxylic acids is 2. The summed E-state index contributed by atoms with van der Waals surface area (Å²) in [6, 6.07) is 17.3. The third-order valence-electron chi connectivity index (χ3n) is 5.58. The number of carbonyl (C=O) groups is 2. The van der Waals surface area contributed by atoms with E-state index < -0.39 is 0 Å². The minimum atomic E-state index is -0.108. The minimum Gasteiger partial charge on any atom is -0.378 e. The van der Waals surface area contributed by atoms with Gasteiger partial charge in [-0.25, -0.2) is 4.79 Å². The van der Waals surface area contributed by atoms with Crippen molar-refractivity contribution in [1.82, 2.24) is 14.7 Å². The van der Waals surface area contributed by atoms with E-state index in [1.807, 2.05) is 64.4 Å². The fourth-order valence-electron chi connectivity index (χ4n) is 3.80. The fraction of sp³-hybridized carbons (Fsp3) is 0.391. The highest BCUT2D eigenvalue weighted by Gasteiger charge is 2.26. The van der Waals surface area contributed by atoms with E-state index in [9.17, 15) is 9.59 Å².